The average molecular weight is 564 g/mol. The zero-order valence-corrected chi connectivity index (χ0v) is 24.1. The summed E-state index contributed by atoms with van der Waals surface area (Å²) in [4.78, 5) is 61.1. The predicted octanol–water partition coefficient (Wildman–Crippen LogP) is 3.06. The van der Waals surface area contributed by atoms with E-state index in [9.17, 15) is 24.0 Å². The molecule has 0 aromatic carbocycles. The third kappa shape index (κ3) is 17.3. The number of hydrogen-bond donors (Lipinski definition) is 6. The fourth-order valence-corrected chi connectivity index (χ4v) is 4.18. The predicted molar refractivity (Wildman–Crippen MR) is 154 cm³/mol. The topological polar surface area (TPSA) is 166 Å². The summed E-state index contributed by atoms with van der Waals surface area (Å²) in [6, 6.07) is -3.21. The van der Waals surface area contributed by atoms with E-state index in [0.717, 1.165) is 19.3 Å². The SMILES string of the molecule is CCCCCCCCCCCCNC(=O)NC(CCC(=O)O)C(=O)N[C@H]1/C=C/CCNC(=O)/C=C/[C@H](C)NC1=O. The van der Waals surface area contributed by atoms with Gasteiger partial charge in [0.05, 0.1) is 0 Å². The molecule has 1 rings (SSSR count). The highest BCUT2D eigenvalue weighted by Gasteiger charge is 2.26. The fourth-order valence-electron chi connectivity index (χ4n) is 4.18. The summed E-state index contributed by atoms with van der Waals surface area (Å²) in [5.41, 5.74) is 0. The minimum absolute atomic E-state index is 0.129. The Hall–Kier alpha value is -3.37. The molecule has 6 N–H and O–H groups in total. The maximum absolute atomic E-state index is 13.0. The van der Waals surface area contributed by atoms with Crippen molar-refractivity contribution < 1.29 is 29.1 Å². The van der Waals surface area contributed by atoms with Crippen LogP contribution in [-0.4, -0.2) is 66.0 Å². The number of unbranched alkanes of at least 4 members (excludes halogenated alkanes) is 9. The van der Waals surface area contributed by atoms with Crippen LogP contribution in [0, 0.1) is 0 Å². The van der Waals surface area contributed by atoms with Gasteiger partial charge in [-0.05, 0) is 26.2 Å². The maximum Gasteiger partial charge on any atom is 0.315 e. The number of carbonyl (C=O) groups is 5. The summed E-state index contributed by atoms with van der Waals surface area (Å²) in [7, 11) is 0. The quantitative estimate of drug-likeness (QED) is 0.118. The summed E-state index contributed by atoms with van der Waals surface area (Å²) < 4.78 is 0. The molecule has 0 saturated carbocycles. The van der Waals surface area contributed by atoms with Gasteiger partial charge in [-0.1, -0.05) is 82.9 Å². The Morgan fingerprint density at radius 3 is 2.30 bits per heavy atom. The van der Waals surface area contributed by atoms with Crippen molar-refractivity contribution >= 4 is 29.7 Å². The standard InChI is InChI=1S/C29H49N5O6/c1-3-4-5-6-7-8-9-10-11-13-21-31-29(40)34-24(17-19-26(36)37)28(39)33-23-15-12-14-20-30-25(35)18-16-22(2)32-27(23)38/h12,15-16,18,22-24H,3-11,13-14,17,19-21H2,1-2H3,(H,30,35)(H,32,38)(H,33,39)(H,36,37)(H2,31,34,40)/b15-12+,18-16+/t22-,23-,24?/m0/s1. The number of carboxylic acid groups (broad SMARTS) is 1. The van der Waals surface area contributed by atoms with E-state index < -0.39 is 41.9 Å². The normalized spacial score (nSPS) is 20.1. The molecule has 11 heteroatoms. The van der Waals surface area contributed by atoms with Crippen molar-refractivity contribution in [1.82, 2.24) is 26.6 Å². The molecule has 1 heterocycles. The van der Waals surface area contributed by atoms with Gasteiger partial charge in [0, 0.05) is 31.6 Å². The molecular formula is C29H49N5O6. The number of carboxylic acids is 1. The van der Waals surface area contributed by atoms with E-state index >= 15 is 0 Å². The number of nitrogens with one attached hydrogen (secondary N) is 5. The van der Waals surface area contributed by atoms with Crippen LogP contribution in [0.25, 0.3) is 0 Å². The van der Waals surface area contributed by atoms with Crippen molar-refractivity contribution in [2.45, 2.75) is 115 Å². The molecule has 0 spiro atoms. The molecule has 0 aromatic heterocycles. The van der Waals surface area contributed by atoms with Crippen molar-refractivity contribution in [1.29, 1.82) is 0 Å². The molecule has 226 valence electrons. The Morgan fingerprint density at radius 2 is 1.65 bits per heavy atom. The lowest BCUT2D eigenvalue weighted by Gasteiger charge is -2.22. The summed E-state index contributed by atoms with van der Waals surface area (Å²) in [5.74, 6) is -2.52. The van der Waals surface area contributed by atoms with Gasteiger partial charge in [0.25, 0.3) is 0 Å². The maximum atomic E-state index is 13.0. The lowest BCUT2D eigenvalue weighted by atomic mass is 10.1. The Morgan fingerprint density at radius 1 is 1.00 bits per heavy atom. The lowest BCUT2D eigenvalue weighted by Crippen LogP contribution is -2.55. The van der Waals surface area contributed by atoms with E-state index in [1.54, 1.807) is 13.0 Å². The first-order valence-electron chi connectivity index (χ1n) is 14.7. The summed E-state index contributed by atoms with van der Waals surface area (Å²) in [6.07, 6.45) is 17.8. The summed E-state index contributed by atoms with van der Waals surface area (Å²) >= 11 is 0. The molecule has 1 aliphatic heterocycles. The second-order valence-electron chi connectivity index (χ2n) is 10.2. The van der Waals surface area contributed by atoms with E-state index in [4.69, 9.17) is 5.11 Å². The van der Waals surface area contributed by atoms with Crippen molar-refractivity contribution in [3.8, 4) is 0 Å². The largest absolute Gasteiger partial charge is 0.481 e. The first-order valence-corrected chi connectivity index (χ1v) is 14.7. The highest BCUT2D eigenvalue weighted by molar-refractivity contribution is 5.93. The van der Waals surface area contributed by atoms with Crippen molar-refractivity contribution in [2.24, 2.45) is 0 Å². The number of aliphatic carboxylic acids is 1. The first kappa shape index (κ1) is 34.7. The Kier molecular flexibility index (Phi) is 18.6. The van der Waals surface area contributed by atoms with Crippen LogP contribution in [0.1, 0.15) is 97.3 Å². The van der Waals surface area contributed by atoms with Gasteiger partial charge in [-0.25, -0.2) is 4.79 Å². The fraction of sp³-hybridized carbons (Fsp3) is 0.690. The number of urea groups is 1. The molecular weight excluding hydrogens is 514 g/mol. The van der Waals surface area contributed by atoms with E-state index in [1.807, 2.05) is 0 Å². The number of amides is 5. The van der Waals surface area contributed by atoms with Gasteiger partial charge in [0.2, 0.25) is 17.7 Å². The Balaban J connectivity index is 2.57. The molecule has 0 saturated heterocycles. The molecule has 0 aliphatic carbocycles. The zero-order chi connectivity index (χ0) is 29.6. The third-order valence-corrected chi connectivity index (χ3v) is 6.51. The van der Waals surface area contributed by atoms with Crippen molar-refractivity contribution in [3.63, 3.8) is 0 Å². The van der Waals surface area contributed by atoms with Gasteiger partial charge in [-0.15, -0.1) is 0 Å². The molecule has 0 radical (unpaired) electrons. The van der Waals surface area contributed by atoms with Gasteiger partial charge in [-0.3, -0.25) is 19.2 Å². The second kappa shape index (κ2) is 21.5. The van der Waals surface area contributed by atoms with Crippen LogP contribution >= 0.6 is 0 Å². The molecule has 11 nitrogen and oxygen atoms in total. The van der Waals surface area contributed by atoms with Gasteiger partial charge < -0.3 is 31.7 Å². The van der Waals surface area contributed by atoms with E-state index in [1.165, 1.54) is 63.2 Å². The van der Waals surface area contributed by atoms with Crippen LogP contribution in [-0.2, 0) is 19.2 Å². The Bertz CT molecular complexity index is 860. The third-order valence-electron chi connectivity index (χ3n) is 6.51. The van der Waals surface area contributed by atoms with Crippen LogP contribution < -0.4 is 26.6 Å². The molecule has 5 amide bonds. The number of hydrogen-bond acceptors (Lipinski definition) is 5. The van der Waals surface area contributed by atoms with Crippen LogP contribution in [0.2, 0.25) is 0 Å². The zero-order valence-electron chi connectivity index (χ0n) is 24.1. The van der Waals surface area contributed by atoms with Gasteiger partial charge in [0.1, 0.15) is 12.1 Å². The molecule has 0 fully saturated rings. The minimum Gasteiger partial charge on any atom is -0.481 e. The number of rotatable bonds is 17. The second-order valence-corrected chi connectivity index (χ2v) is 10.2. The minimum atomic E-state index is -1.14. The van der Waals surface area contributed by atoms with E-state index in [-0.39, 0.29) is 18.7 Å². The molecule has 40 heavy (non-hydrogen) atoms. The highest BCUT2D eigenvalue weighted by Crippen LogP contribution is 2.10. The van der Waals surface area contributed by atoms with Gasteiger partial charge in [0.15, 0.2) is 0 Å². The monoisotopic (exact) mass is 563 g/mol. The van der Waals surface area contributed by atoms with Crippen molar-refractivity contribution in [3.05, 3.63) is 24.3 Å². The van der Waals surface area contributed by atoms with E-state index in [2.05, 4.69) is 33.5 Å². The first-order chi connectivity index (χ1) is 19.2. The van der Waals surface area contributed by atoms with Crippen LogP contribution in [0.15, 0.2) is 24.3 Å². The lowest BCUT2D eigenvalue weighted by molar-refractivity contribution is -0.137. The molecule has 0 aromatic rings. The van der Waals surface area contributed by atoms with Crippen molar-refractivity contribution in [2.75, 3.05) is 13.1 Å². The highest BCUT2D eigenvalue weighted by atomic mass is 16.4. The van der Waals surface area contributed by atoms with Gasteiger partial charge >= 0.3 is 12.0 Å². The number of carbonyl (C=O) groups excluding carboxylic acids is 4. The summed E-state index contributed by atoms with van der Waals surface area (Å²) in [5, 5.41) is 22.4. The van der Waals surface area contributed by atoms with E-state index in [0.29, 0.717) is 19.5 Å². The molecule has 3 atom stereocenters. The van der Waals surface area contributed by atoms with Crippen LogP contribution in [0.5, 0.6) is 0 Å². The molecule has 0 bridgehead atoms. The van der Waals surface area contributed by atoms with Crippen LogP contribution in [0.4, 0.5) is 4.79 Å². The summed E-state index contributed by atoms with van der Waals surface area (Å²) in [6.45, 7) is 4.71. The van der Waals surface area contributed by atoms with Gasteiger partial charge in [-0.2, -0.15) is 0 Å². The molecule has 1 unspecified atom stereocenters. The molecule has 1 aliphatic rings. The smallest absolute Gasteiger partial charge is 0.315 e. The van der Waals surface area contributed by atoms with Crippen LogP contribution in [0.3, 0.4) is 0 Å². The average Bonchev–Trinajstić information content (AvgIpc) is 2.91. The Labute approximate surface area is 238 Å².